The average molecular weight is 303 g/mol. The molecule has 1 heterocycles. The molecule has 8 heteroatoms. The number of nitrogens with zero attached hydrogens (tertiary/aromatic N) is 4. The Bertz CT molecular complexity index is 370. The summed E-state index contributed by atoms with van der Waals surface area (Å²) in [7, 11) is 1.68. The van der Waals surface area contributed by atoms with Crippen molar-refractivity contribution in [2.24, 2.45) is 0 Å². The Morgan fingerprint density at radius 1 is 1.35 bits per heavy atom. The molecule has 0 aromatic carbocycles. The van der Waals surface area contributed by atoms with Crippen molar-refractivity contribution >= 4 is 11.8 Å². The highest BCUT2D eigenvalue weighted by Crippen LogP contribution is 2.24. The summed E-state index contributed by atoms with van der Waals surface area (Å²) in [6.07, 6.45) is 1.47. The standard InChI is InChI=1S/C12H25N5O2S/c1-4-12(18,5-2)10-20-11-14-15-16-17(11)8-6-13-7-9-19-3/h13,18H,4-10H2,1-3H3. The van der Waals surface area contributed by atoms with Crippen molar-refractivity contribution in [3.8, 4) is 0 Å². The highest BCUT2D eigenvalue weighted by atomic mass is 32.2. The molecule has 0 saturated heterocycles. The number of thioether (sulfide) groups is 1. The molecule has 0 aliphatic rings. The average Bonchev–Trinajstić information content (AvgIpc) is 2.92. The zero-order valence-electron chi connectivity index (χ0n) is 12.5. The lowest BCUT2D eigenvalue weighted by molar-refractivity contribution is 0.0571. The maximum Gasteiger partial charge on any atom is 0.209 e. The predicted octanol–water partition coefficient (Wildman–Crippen LogP) is 0.552. The second-order valence-electron chi connectivity index (χ2n) is 4.65. The van der Waals surface area contributed by atoms with Gasteiger partial charge in [0.1, 0.15) is 0 Å². The quantitative estimate of drug-likeness (QED) is 0.456. The molecule has 0 atom stereocenters. The number of tetrazole rings is 1. The summed E-state index contributed by atoms with van der Waals surface area (Å²) < 4.78 is 6.72. The first kappa shape index (κ1) is 17.4. The Balaban J connectivity index is 2.38. The van der Waals surface area contributed by atoms with Crippen molar-refractivity contribution in [1.29, 1.82) is 0 Å². The Morgan fingerprint density at radius 3 is 2.75 bits per heavy atom. The zero-order chi connectivity index (χ0) is 14.8. The molecular formula is C12H25N5O2S. The van der Waals surface area contributed by atoms with E-state index in [2.05, 4.69) is 20.8 Å². The van der Waals surface area contributed by atoms with Crippen LogP contribution in [-0.2, 0) is 11.3 Å². The van der Waals surface area contributed by atoms with Gasteiger partial charge in [0.15, 0.2) is 0 Å². The van der Waals surface area contributed by atoms with E-state index in [1.807, 2.05) is 13.8 Å². The Labute approximate surface area is 124 Å². The van der Waals surface area contributed by atoms with Gasteiger partial charge in [0.05, 0.1) is 18.8 Å². The summed E-state index contributed by atoms with van der Waals surface area (Å²) in [5.74, 6) is 0.609. The summed E-state index contributed by atoms with van der Waals surface area (Å²) in [5.41, 5.74) is -0.641. The summed E-state index contributed by atoms with van der Waals surface area (Å²) in [5, 5.41) is 25.9. The first-order valence-corrected chi connectivity index (χ1v) is 7.94. The minimum Gasteiger partial charge on any atom is -0.389 e. The van der Waals surface area contributed by atoms with Crippen molar-refractivity contribution < 1.29 is 9.84 Å². The minimum absolute atomic E-state index is 0.609. The van der Waals surface area contributed by atoms with Crippen LogP contribution in [0.1, 0.15) is 26.7 Å². The van der Waals surface area contributed by atoms with Gasteiger partial charge in [0.25, 0.3) is 0 Å². The summed E-state index contributed by atoms with van der Waals surface area (Å²) in [4.78, 5) is 0. The van der Waals surface area contributed by atoms with E-state index in [-0.39, 0.29) is 0 Å². The molecule has 116 valence electrons. The fraction of sp³-hybridized carbons (Fsp3) is 0.917. The van der Waals surface area contributed by atoms with Crippen molar-refractivity contribution in [1.82, 2.24) is 25.5 Å². The van der Waals surface area contributed by atoms with Gasteiger partial charge in [-0.1, -0.05) is 25.6 Å². The highest BCUT2D eigenvalue weighted by molar-refractivity contribution is 7.99. The van der Waals surface area contributed by atoms with E-state index >= 15 is 0 Å². The Morgan fingerprint density at radius 2 is 2.10 bits per heavy atom. The Hall–Kier alpha value is -0.700. The number of methoxy groups -OCH3 is 1. The van der Waals surface area contributed by atoms with Crippen LogP contribution in [0.15, 0.2) is 5.16 Å². The SMILES string of the molecule is CCC(O)(CC)CSc1nnnn1CCNCCOC. The van der Waals surface area contributed by atoms with Crippen molar-refractivity contribution in [2.75, 3.05) is 32.6 Å². The normalized spacial score (nSPS) is 12.0. The maximum absolute atomic E-state index is 10.3. The molecule has 1 rings (SSSR count). The van der Waals surface area contributed by atoms with Crippen LogP contribution in [0.2, 0.25) is 0 Å². The second kappa shape index (κ2) is 9.28. The van der Waals surface area contributed by atoms with E-state index in [0.29, 0.717) is 18.9 Å². The maximum atomic E-state index is 10.3. The van der Waals surface area contributed by atoms with Crippen molar-refractivity contribution in [2.45, 2.75) is 44.0 Å². The molecule has 0 radical (unpaired) electrons. The lowest BCUT2D eigenvalue weighted by Gasteiger charge is -2.23. The third-order valence-electron chi connectivity index (χ3n) is 3.27. The number of hydrogen-bond acceptors (Lipinski definition) is 7. The molecule has 0 aliphatic heterocycles. The van der Waals surface area contributed by atoms with Gasteiger partial charge in [0, 0.05) is 26.0 Å². The molecular weight excluding hydrogens is 278 g/mol. The third-order valence-corrected chi connectivity index (χ3v) is 4.50. The van der Waals surface area contributed by atoms with Crippen LogP contribution < -0.4 is 5.32 Å². The van der Waals surface area contributed by atoms with Gasteiger partial charge < -0.3 is 15.2 Å². The number of rotatable bonds is 11. The molecule has 2 N–H and O–H groups in total. The van der Waals surface area contributed by atoms with Crippen molar-refractivity contribution in [3.05, 3.63) is 0 Å². The number of hydrogen-bond donors (Lipinski definition) is 2. The van der Waals surface area contributed by atoms with Crippen LogP contribution in [0.3, 0.4) is 0 Å². The third kappa shape index (κ3) is 5.74. The van der Waals surface area contributed by atoms with Gasteiger partial charge in [0.2, 0.25) is 5.16 Å². The topological polar surface area (TPSA) is 85.1 Å². The molecule has 1 aromatic heterocycles. The zero-order valence-corrected chi connectivity index (χ0v) is 13.3. The van der Waals surface area contributed by atoms with E-state index in [4.69, 9.17) is 4.74 Å². The summed E-state index contributed by atoms with van der Waals surface area (Å²) in [6.45, 7) is 6.98. The molecule has 0 unspecified atom stereocenters. The van der Waals surface area contributed by atoms with Gasteiger partial charge in [-0.15, -0.1) is 5.10 Å². The molecule has 20 heavy (non-hydrogen) atoms. The monoisotopic (exact) mass is 303 g/mol. The molecule has 0 bridgehead atoms. The van der Waals surface area contributed by atoms with Gasteiger partial charge in [-0.05, 0) is 23.3 Å². The minimum atomic E-state index is -0.641. The van der Waals surface area contributed by atoms with Crippen LogP contribution in [0.4, 0.5) is 0 Å². The highest BCUT2D eigenvalue weighted by Gasteiger charge is 2.23. The predicted molar refractivity (Wildman–Crippen MR) is 78.8 cm³/mol. The van der Waals surface area contributed by atoms with E-state index in [1.165, 1.54) is 11.8 Å². The van der Waals surface area contributed by atoms with Crippen LogP contribution in [0, 0.1) is 0 Å². The summed E-state index contributed by atoms with van der Waals surface area (Å²) >= 11 is 1.50. The number of aromatic nitrogens is 4. The lowest BCUT2D eigenvalue weighted by Crippen LogP contribution is -2.30. The van der Waals surface area contributed by atoms with Crippen LogP contribution in [0.25, 0.3) is 0 Å². The van der Waals surface area contributed by atoms with Crippen LogP contribution in [0.5, 0.6) is 0 Å². The molecule has 0 fully saturated rings. The van der Waals surface area contributed by atoms with Gasteiger partial charge in [-0.3, -0.25) is 0 Å². The van der Waals surface area contributed by atoms with E-state index in [0.717, 1.165) is 31.1 Å². The lowest BCUT2D eigenvalue weighted by atomic mass is 10.0. The van der Waals surface area contributed by atoms with E-state index in [9.17, 15) is 5.11 Å². The van der Waals surface area contributed by atoms with Crippen molar-refractivity contribution in [3.63, 3.8) is 0 Å². The fourth-order valence-electron chi connectivity index (χ4n) is 1.58. The number of ether oxygens (including phenoxy) is 1. The molecule has 1 aromatic rings. The van der Waals surface area contributed by atoms with Crippen LogP contribution >= 0.6 is 11.8 Å². The Kier molecular flexibility index (Phi) is 8.05. The molecule has 0 spiro atoms. The first-order chi connectivity index (χ1) is 9.65. The number of aliphatic hydroxyl groups is 1. The first-order valence-electron chi connectivity index (χ1n) is 6.96. The molecule has 0 aliphatic carbocycles. The summed E-state index contributed by atoms with van der Waals surface area (Å²) in [6, 6.07) is 0. The fourth-order valence-corrected chi connectivity index (χ4v) is 2.75. The largest absolute Gasteiger partial charge is 0.389 e. The van der Waals surface area contributed by atoms with E-state index in [1.54, 1.807) is 11.8 Å². The van der Waals surface area contributed by atoms with Gasteiger partial charge in [-0.25, -0.2) is 4.68 Å². The second-order valence-corrected chi connectivity index (χ2v) is 5.59. The van der Waals surface area contributed by atoms with Crippen LogP contribution in [-0.4, -0.2) is 63.5 Å². The smallest absolute Gasteiger partial charge is 0.209 e. The molecule has 0 saturated carbocycles. The molecule has 7 nitrogen and oxygen atoms in total. The number of nitrogens with one attached hydrogen (secondary N) is 1. The van der Waals surface area contributed by atoms with E-state index < -0.39 is 5.60 Å². The molecule has 0 amide bonds. The van der Waals surface area contributed by atoms with Gasteiger partial charge in [-0.2, -0.15) is 0 Å². The van der Waals surface area contributed by atoms with Gasteiger partial charge >= 0.3 is 0 Å².